The molecule has 1 aliphatic carbocycles. The summed E-state index contributed by atoms with van der Waals surface area (Å²) in [4.78, 5) is 31.3. The van der Waals surface area contributed by atoms with Crippen LogP contribution in [0.15, 0.2) is 0 Å². The quantitative estimate of drug-likeness (QED) is 0.461. The second-order valence-corrected chi connectivity index (χ2v) is 4.41. The summed E-state index contributed by atoms with van der Waals surface area (Å²) in [7, 11) is 0. The predicted octanol–water partition coefficient (Wildman–Crippen LogP) is 1.30. The van der Waals surface area contributed by atoms with Crippen molar-refractivity contribution < 1.29 is 19.1 Å². The van der Waals surface area contributed by atoms with Crippen LogP contribution in [0.4, 0.5) is 0 Å². The second-order valence-electron chi connectivity index (χ2n) is 4.41. The fourth-order valence-electron chi connectivity index (χ4n) is 1.86. The van der Waals surface area contributed by atoms with Crippen molar-refractivity contribution in [3.63, 3.8) is 0 Å². The van der Waals surface area contributed by atoms with Gasteiger partial charge in [0.15, 0.2) is 0 Å². The summed E-state index contributed by atoms with van der Waals surface area (Å²) in [6, 6.07) is 0. The normalized spacial score (nSPS) is 15.3. The van der Waals surface area contributed by atoms with E-state index < -0.39 is 0 Å². The number of nitrogens with one attached hydrogen (secondary N) is 2. The third-order valence-electron chi connectivity index (χ3n) is 2.82. The van der Waals surface area contributed by atoms with Crippen LogP contribution in [0.1, 0.15) is 52.4 Å². The van der Waals surface area contributed by atoms with E-state index in [1.807, 2.05) is 0 Å². The van der Waals surface area contributed by atoms with E-state index in [1.54, 1.807) is 6.92 Å². The Morgan fingerprint density at radius 3 is 2.11 bits per heavy atom. The molecule has 1 aliphatic rings. The van der Waals surface area contributed by atoms with Gasteiger partial charge in [-0.05, 0) is 19.8 Å². The minimum atomic E-state index is -0.230. The molecule has 0 radical (unpaired) electrons. The van der Waals surface area contributed by atoms with Crippen molar-refractivity contribution in [3.8, 4) is 0 Å². The fourth-order valence-corrected chi connectivity index (χ4v) is 1.86. The van der Waals surface area contributed by atoms with E-state index in [2.05, 4.69) is 15.6 Å². The maximum Gasteiger partial charge on any atom is 0.293 e. The topological polar surface area (TPSA) is 84.5 Å². The molecule has 0 heterocycles. The molecule has 6 nitrogen and oxygen atoms in total. The average Bonchev–Trinajstić information content (AvgIpc) is 2.66. The molecule has 0 saturated heterocycles. The molecule has 19 heavy (non-hydrogen) atoms. The monoisotopic (exact) mass is 272 g/mol. The predicted molar refractivity (Wildman–Crippen MR) is 70.8 cm³/mol. The molecule has 0 aromatic carbocycles. The van der Waals surface area contributed by atoms with Crippen LogP contribution in [0, 0.1) is 5.92 Å². The van der Waals surface area contributed by atoms with E-state index >= 15 is 0 Å². The highest BCUT2D eigenvalue weighted by Crippen LogP contribution is 2.22. The smallest absolute Gasteiger partial charge is 0.293 e. The Morgan fingerprint density at radius 2 is 1.74 bits per heavy atom. The number of carbonyl (C=O) groups is 3. The molecule has 0 aliphatic heterocycles. The number of amides is 2. The van der Waals surface area contributed by atoms with Gasteiger partial charge in [-0.15, -0.1) is 0 Å². The van der Waals surface area contributed by atoms with Crippen LogP contribution in [0.5, 0.6) is 0 Å². The molecule has 0 aromatic rings. The van der Waals surface area contributed by atoms with Crippen molar-refractivity contribution in [1.82, 2.24) is 10.9 Å². The van der Waals surface area contributed by atoms with Gasteiger partial charge in [-0.2, -0.15) is 0 Å². The number of hydrazine groups is 1. The minimum Gasteiger partial charge on any atom is -0.468 e. The molecule has 2 amide bonds. The fraction of sp³-hybridized carbons (Fsp3) is 0.769. The third kappa shape index (κ3) is 10.1. The van der Waals surface area contributed by atoms with Crippen molar-refractivity contribution in [2.75, 3.05) is 6.61 Å². The molecule has 6 heteroatoms. The first-order valence-electron chi connectivity index (χ1n) is 6.73. The Morgan fingerprint density at radius 1 is 1.16 bits per heavy atom. The number of ether oxygens (including phenoxy) is 1. The molecule has 110 valence electrons. The Bertz CT molecular complexity index is 274. The lowest BCUT2D eigenvalue weighted by molar-refractivity contribution is -0.130. The molecular formula is C13H24N2O4. The van der Waals surface area contributed by atoms with Crippen LogP contribution in [0.2, 0.25) is 0 Å². The molecule has 1 saturated carbocycles. The van der Waals surface area contributed by atoms with Crippen molar-refractivity contribution in [3.05, 3.63) is 0 Å². The lowest BCUT2D eigenvalue weighted by Crippen LogP contribution is -2.43. The molecule has 0 unspecified atom stereocenters. The van der Waals surface area contributed by atoms with Gasteiger partial charge in [-0.25, -0.2) is 0 Å². The molecule has 0 atom stereocenters. The SMILES string of the molecule is CC(=O)NNC(=O)C1CCCCCC1.CCOC=O. The first-order valence-corrected chi connectivity index (χ1v) is 6.73. The summed E-state index contributed by atoms with van der Waals surface area (Å²) in [5, 5.41) is 0. The summed E-state index contributed by atoms with van der Waals surface area (Å²) in [5.41, 5.74) is 4.77. The summed E-state index contributed by atoms with van der Waals surface area (Å²) in [6.07, 6.45) is 6.60. The van der Waals surface area contributed by atoms with Gasteiger partial charge in [-0.1, -0.05) is 25.7 Å². The second kappa shape index (κ2) is 11.5. The van der Waals surface area contributed by atoms with E-state index in [0.29, 0.717) is 13.1 Å². The van der Waals surface area contributed by atoms with E-state index in [-0.39, 0.29) is 17.7 Å². The van der Waals surface area contributed by atoms with Crippen molar-refractivity contribution in [2.45, 2.75) is 52.4 Å². The van der Waals surface area contributed by atoms with Gasteiger partial charge in [0.05, 0.1) is 6.61 Å². The molecule has 0 spiro atoms. The van der Waals surface area contributed by atoms with Gasteiger partial charge in [0.1, 0.15) is 0 Å². The van der Waals surface area contributed by atoms with Crippen molar-refractivity contribution in [2.24, 2.45) is 5.92 Å². The molecule has 0 bridgehead atoms. The average molecular weight is 272 g/mol. The molecule has 0 aromatic heterocycles. The zero-order valence-corrected chi connectivity index (χ0v) is 11.7. The maximum absolute atomic E-state index is 11.5. The van der Waals surface area contributed by atoms with Gasteiger partial charge >= 0.3 is 0 Å². The third-order valence-corrected chi connectivity index (χ3v) is 2.82. The zero-order valence-electron chi connectivity index (χ0n) is 11.7. The van der Waals surface area contributed by atoms with Gasteiger partial charge < -0.3 is 4.74 Å². The van der Waals surface area contributed by atoms with Crippen LogP contribution in [-0.2, 0) is 19.1 Å². The lowest BCUT2D eigenvalue weighted by Gasteiger charge is -2.13. The largest absolute Gasteiger partial charge is 0.468 e. The number of carbonyl (C=O) groups excluding carboxylic acids is 3. The standard InChI is InChI=1S/C10H18N2O2.C3H6O2/c1-8(13)11-12-10(14)9-6-4-2-3-5-7-9;1-2-5-3-4/h9H,2-7H2,1H3,(H,11,13)(H,12,14);3H,2H2,1H3. The Hall–Kier alpha value is -1.59. The van der Waals surface area contributed by atoms with Crippen LogP contribution in [0.3, 0.4) is 0 Å². The highest BCUT2D eigenvalue weighted by molar-refractivity contribution is 5.82. The molecule has 2 N–H and O–H groups in total. The summed E-state index contributed by atoms with van der Waals surface area (Å²) < 4.78 is 4.15. The Balaban J connectivity index is 0.000000555. The zero-order chi connectivity index (χ0) is 14.5. The first-order chi connectivity index (χ1) is 9.11. The Kier molecular flexibility index (Phi) is 10.5. The van der Waals surface area contributed by atoms with Gasteiger partial charge in [0.2, 0.25) is 11.8 Å². The summed E-state index contributed by atoms with van der Waals surface area (Å²) in [6.45, 7) is 4.05. The minimum absolute atomic E-state index is 0.0397. The van der Waals surface area contributed by atoms with E-state index in [1.165, 1.54) is 19.8 Å². The number of rotatable bonds is 3. The van der Waals surface area contributed by atoms with E-state index in [4.69, 9.17) is 0 Å². The Labute approximate surface area is 114 Å². The van der Waals surface area contributed by atoms with Crippen LogP contribution >= 0.6 is 0 Å². The molecule has 1 fully saturated rings. The molecular weight excluding hydrogens is 248 g/mol. The van der Waals surface area contributed by atoms with Gasteiger partial charge in [0, 0.05) is 12.8 Å². The van der Waals surface area contributed by atoms with E-state index in [9.17, 15) is 14.4 Å². The summed E-state index contributed by atoms with van der Waals surface area (Å²) in [5.74, 6) is -0.182. The van der Waals surface area contributed by atoms with Crippen molar-refractivity contribution >= 4 is 18.3 Å². The molecule has 1 rings (SSSR count). The van der Waals surface area contributed by atoms with Gasteiger partial charge in [0.25, 0.3) is 6.47 Å². The van der Waals surface area contributed by atoms with Crippen LogP contribution in [0.25, 0.3) is 0 Å². The lowest BCUT2D eigenvalue weighted by atomic mass is 10.00. The van der Waals surface area contributed by atoms with Crippen LogP contribution in [-0.4, -0.2) is 24.9 Å². The maximum atomic E-state index is 11.5. The van der Waals surface area contributed by atoms with Crippen molar-refractivity contribution in [1.29, 1.82) is 0 Å². The number of hydrogen-bond donors (Lipinski definition) is 2. The first kappa shape index (κ1) is 17.4. The van der Waals surface area contributed by atoms with E-state index in [0.717, 1.165) is 25.7 Å². The van der Waals surface area contributed by atoms with Gasteiger partial charge in [-0.3, -0.25) is 25.2 Å². The highest BCUT2D eigenvalue weighted by Gasteiger charge is 2.19. The highest BCUT2D eigenvalue weighted by atomic mass is 16.5. The number of hydrogen-bond acceptors (Lipinski definition) is 4. The summed E-state index contributed by atoms with van der Waals surface area (Å²) >= 11 is 0. The van der Waals surface area contributed by atoms with Crippen LogP contribution < -0.4 is 10.9 Å².